The van der Waals surface area contributed by atoms with Gasteiger partial charge in [-0.2, -0.15) is 0 Å². The van der Waals surface area contributed by atoms with Crippen LogP contribution in [-0.2, 0) is 4.74 Å². The lowest BCUT2D eigenvalue weighted by Gasteiger charge is -2.37. The van der Waals surface area contributed by atoms with E-state index < -0.39 is 0 Å². The Kier molecular flexibility index (Phi) is 3.18. The zero-order valence-electron chi connectivity index (χ0n) is 10.3. The Hall–Kier alpha value is -0.120. The van der Waals surface area contributed by atoms with Crippen molar-refractivity contribution in [2.24, 2.45) is 11.8 Å². The fraction of sp³-hybridized carbons (Fsp3) is 1.00. The third kappa shape index (κ3) is 1.89. The first-order chi connectivity index (χ1) is 7.88. The first-order valence-electron chi connectivity index (χ1n) is 6.86. The maximum absolute atomic E-state index is 5.68. The van der Waals surface area contributed by atoms with Crippen molar-refractivity contribution >= 4 is 0 Å². The number of methoxy groups -OCH3 is 1. The number of nitrogens with one attached hydrogen (secondary N) is 1. The van der Waals surface area contributed by atoms with Gasteiger partial charge in [0.05, 0.1) is 6.10 Å². The molecule has 3 aliphatic rings. The zero-order valence-corrected chi connectivity index (χ0v) is 10.3. The Balaban J connectivity index is 1.64. The molecule has 0 spiro atoms. The first kappa shape index (κ1) is 11.0. The number of hydrogen-bond donors (Lipinski definition) is 1. The third-order valence-corrected chi connectivity index (χ3v) is 4.86. The van der Waals surface area contributed by atoms with Gasteiger partial charge in [0, 0.05) is 26.2 Å². The number of likely N-dealkylation sites (tertiary alicyclic amines) is 1. The number of hydrogen-bond acceptors (Lipinski definition) is 3. The van der Waals surface area contributed by atoms with Gasteiger partial charge in [0.1, 0.15) is 0 Å². The van der Waals surface area contributed by atoms with E-state index in [2.05, 4.69) is 10.2 Å². The summed E-state index contributed by atoms with van der Waals surface area (Å²) in [6.45, 7) is 5.10. The van der Waals surface area contributed by atoms with Crippen LogP contribution in [0.25, 0.3) is 0 Å². The van der Waals surface area contributed by atoms with Crippen molar-refractivity contribution in [3.05, 3.63) is 0 Å². The predicted molar refractivity (Wildman–Crippen MR) is 64.5 cm³/mol. The molecule has 1 saturated carbocycles. The molecule has 3 nitrogen and oxygen atoms in total. The van der Waals surface area contributed by atoms with Crippen LogP contribution in [0.1, 0.15) is 25.7 Å². The summed E-state index contributed by atoms with van der Waals surface area (Å²) < 4.78 is 5.68. The van der Waals surface area contributed by atoms with Crippen molar-refractivity contribution in [2.75, 3.05) is 33.3 Å². The third-order valence-electron chi connectivity index (χ3n) is 4.86. The molecule has 2 heterocycles. The van der Waals surface area contributed by atoms with Gasteiger partial charge >= 0.3 is 0 Å². The Morgan fingerprint density at radius 2 is 1.75 bits per heavy atom. The van der Waals surface area contributed by atoms with Gasteiger partial charge in [0.2, 0.25) is 0 Å². The molecule has 1 aliphatic carbocycles. The standard InChI is InChI=1S/C13H24N2O/c1-16-13-5-3-2-4-12(13)15-8-10-6-14-7-11(10)9-15/h10-14H,2-9H2,1H3. The molecule has 3 rings (SSSR count). The zero-order chi connectivity index (χ0) is 11.0. The second-order valence-corrected chi connectivity index (χ2v) is 5.76. The fourth-order valence-electron chi connectivity index (χ4n) is 3.93. The molecule has 2 aliphatic heterocycles. The van der Waals surface area contributed by atoms with Crippen LogP contribution >= 0.6 is 0 Å². The molecule has 0 bridgehead atoms. The van der Waals surface area contributed by atoms with Gasteiger partial charge < -0.3 is 10.1 Å². The van der Waals surface area contributed by atoms with Gasteiger partial charge in [-0.05, 0) is 37.8 Å². The van der Waals surface area contributed by atoms with Crippen LogP contribution in [-0.4, -0.2) is 50.3 Å². The van der Waals surface area contributed by atoms with Crippen molar-refractivity contribution in [3.8, 4) is 0 Å². The van der Waals surface area contributed by atoms with Crippen LogP contribution in [0.2, 0.25) is 0 Å². The molecule has 2 saturated heterocycles. The van der Waals surface area contributed by atoms with Crippen molar-refractivity contribution in [2.45, 2.75) is 37.8 Å². The molecule has 0 amide bonds. The second kappa shape index (κ2) is 4.63. The highest BCUT2D eigenvalue weighted by Crippen LogP contribution is 2.33. The van der Waals surface area contributed by atoms with E-state index in [4.69, 9.17) is 4.74 Å². The van der Waals surface area contributed by atoms with Gasteiger partial charge in [-0.3, -0.25) is 4.90 Å². The molecule has 4 atom stereocenters. The van der Waals surface area contributed by atoms with Crippen LogP contribution < -0.4 is 5.32 Å². The van der Waals surface area contributed by atoms with E-state index in [1.807, 2.05) is 7.11 Å². The number of nitrogens with zero attached hydrogens (tertiary/aromatic N) is 1. The minimum absolute atomic E-state index is 0.500. The largest absolute Gasteiger partial charge is 0.380 e. The maximum Gasteiger partial charge on any atom is 0.0726 e. The van der Waals surface area contributed by atoms with Gasteiger partial charge in [0.25, 0.3) is 0 Å². The predicted octanol–water partition coefficient (Wildman–Crippen LogP) is 1.10. The Labute approximate surface area is 98.5 Å². The number of ether oxygens (including phenoxy) is 1. The average molecular weight is 224 g/mol. The molecule has 92 valence electrons. The minimum atomic E-state index is 0.500. The first-order valence-corrected chi connectivity index (χ1v) is 6.86. The highest BCUT2D eigenvalue weighted by atomic mass is 16.5. The molecule has 0 aromatic heterocycles. The molecule has 1 N–H and O–H groups in total. The molecule has 0 radical (unpaired) electrons. The molecule has 0 aromatic rings. The van der Waals surface area contributed by atoms with E-state index in [0.717, 1.165) is 11.8 Å². The van der Waals surface area contributed by atoms with Crippen LogP contribution in [0.15, 0.2) is 0 Å². The van der Waals surface area contributed by atoms with Crippen molar-refractivity contribution < 1.29 is 4.74 Å². The lowest BCUT2D eigenvalue weighted by Crippen LogP contribution is -2.46. The highest BCUT2D eigenvalue weighted by molar-refractivity contribution is 4.96. The van der Waals surface area contributed by atoms with Crippen molar-refractivity contribution in [1.82, 2.24) is 10.2 Å². The van der Waals surface area contributed by atoms with E-state index >= 15 is 0 Å². The lowest BCUT2D eigenvalue weighted by atomic mass is 9.91. The molecular formula is C13H24N2O. The smallest absolute Gasteiger partial charge is 0.0726 e. The van der Waals surface area contributed by atoms with Crippen LogP contribution in [0.4, 0.5) is 0 Å². The summed E-state index contributed by atoms with van der Waals surface area (Å²) in [4.78, 5) is 2.73. The Morgan fingerprint density at radius 3 is 2.44 bits per heavy atom. The SMILES string of the molecule is COC1CCCCC1N1CC2CNCC2C1. The monoisotopic (exact) mass is 224 g/mol. The second-order valence-electron chi connectivity index (χ2n) is 5.76. The topological polar surface area (TPSA) is 24.5 Å². The summed E-state index contributed by atoms with van der Waals surface area (Å²) in [5.41, 5.74) is 0. The summed E-state index contributed by atoms with van der Waals surface area (Å²) in [5, 5.41) is 3.52. The minimum Gasteiger partial charge on any atom is -0.380 e. The average Bonchev–Trinajstić information content (AvgIpc) is 2.89. The molecule has 4 unspecified atom stereocenters. The highest BCUT2D eigenvalue weighted by Gasteiger charge is 2.41. The van der Waals surface area contributed by atoms with E-state index in [1.165, 1.54) is 51.9 Å². The quantitative estimate of drug-likeness (QED) is 0.760. The van der Waals surface area contributed by atoms with E-state index in [0.29, 0.717) is 12.1 Å². The maximum atomic E-state index is 5.68. The van der Waals surface area contributed by atoms with E-state index in [-0.39, 0.29) is 0 Å². The molecule has 0 aromatic carbocycles. The molecule has 3 heteroatoms. The lowest BCUT2D eigenvalue weighted by molar-refractivity contribution is -0.00516. The van der Waals surface area contributed by atoms with Crippen LogP contribution in [0.3, 0.4) is 0 Å². The van der Waals surface area contributed by atoms with Crippen LogP contribution in [0, 0.1) is 11.8 Å². The molecule has 3 fully saturated rings. The van der Waals surface area contributed by atoms with Crippen molar-refractivity contribution in [3.63, 3.8) is 0 Å². The fourth-order valence-corrected chi connectivity index (χ4v) is 3.93. The van der Waals surface area contributed by atoms with Gasteiger partial charge in [-0.25, -0.2) is 0 Å². The molecule has 16 heavy (non-hydrogen) atoms. The van der Waals surface area contributed by atoms with Gasteiger partial charge in [0.15, 0.2) is 0 Å². The molecular weight excluding hydrogens is 200 g/mol. The van der Waals surface area contributed by atoms with E-state index in [9.17, 15) is 0 Å². The Bertz CT molecular complexity index is 234. The van der Waals surface area contributed by atoms with E-state index in [1.54, 1.807) is 0 Å². The summed E-state index contributed by atoms with van der Waals surface area (Å²) >= 11 is 0. The normalized spacial score (nSPS) is 44.8. The number of fused-ring (bicyclic) bond motifs is 1. The van der Waals surface area contributed by atoms with Gasteiger partial charge in [-0.1, -0.05) is 12.8 Å². The summed E-state index contributed by atoms with van der Waals surface area (Å²) in [5.74, 6) is 1.83. The number of rotatable bonds is 2. The van der Waals surface area contributed by atoms with Gasteiger partial charge in [-0.15, -0.1) is 0 Å². The summed E-state index contributed by atoms with van der Waals surface area (Å²) in [7, 11) is 1.89. The summed E-state index contributed by atoms with van der Waals surface area (Å²) in [6, 6.07) is 0.712. The van der Waals surface area contributed by atoms with Crippen molar-refractivity contribution in [1.29, 1.82) is 0 Å². The van der Waals surface area contributed by atoms with Crippen LogP contribution in [0.5, 0.6) is 0 Å². The summed E-state index contributed by atoms with van der Waals surface area (Å²) in [6.07, 6.45) is 5.88. The Morgan fingerprint density at radius 1 is 1.06 bits per heavy atom.